The Morgan fingerprint density at radius 1 is 1.77 bits per heavy atom. The van der Waals surface area contributed by atoms with Crippen LogP contribution < -0.4 is 0 Å². The second-order valence-corrected chi connectivity index (χ2v) is 2.94. The van der Waals surface area contributed by atoms with Gasteiger partial charge in [0.25, 0.3) is 0 Å². The van der Waals surface area contributed by atoms with Gasteiger partial charge in [0.15, 0.2) is 0 Å². The lowest BCUT2D eigenvalue weighted by molar-refractivity contribution is -0.147. The molecular formula is C8H13NO4. The van der Waals surface area contributed by atoms with E-state index in [0.717, 1.165) is 0 Å². The Bertz CT molecular complexity index is 216. The van der Waals surface area contributed by atoms with E-state index in [2.05, 4.69) is 4.74 Å². The van der Waals surface area contributed by atoms with Crippen LogP contribution in [-0.4, -0.2) is 47.7 Å². The summed E-state index contributed by atoms with van der Waals surface area (Å²) >= 11 is 0. The summed E-state index contributed by atoms with van der Waals surface area (Å²) in [7, 11) is 0. The molecule has 1 atom stereocenters. The van der Waals surface area contributed by atoms with Crippen LogP contribution >= 0.6 is 0 Å². The van der Waals surface area contributed by atoms with Crippen molar-refractivity contribution >= 4 is 11.9 Å². The van der Waals surface area contributed by atoms with E-state index < -0.39 is 12.1 Å². The minimum absolute atomic E-state index is 0.0519. The van der Waals surface area contributed by atoms with Crippen molar-refractivity contribution in [2.75, 3.05) is 19.7 Å². The zero-order valence-corrected chi connectivity index (χ0v) is 7.52. The molecule has 0 aromatic carbocycles. The highest BCUT2D eigenvalue weighted by Crippen LogP contribution is 2.09. The number of aliphatic hydroxyl groups excluding tert-OH is 1. The van der Waals surface area contributed by atoms with E-state index in [9.17, 15) is 9.59 Å². The second-order valence-electron chi connectivity index (χ2n) is 2.94. The highest BCUT2D eigenvalue weighted by molar-refractivity contribution is 5.84. The maximum absolute atomic E-state index is 11.1. The molecule has 5 heteroatoms. The number of carbonyl (C=O) groups is 2. The first-order chi connectivity index (χ1) is 6.13. The van der Waals surface area contributed by atoms with Crippen molar-refractivity contribution in [2.24, 2.45) is 0 Å². The number of aliphatic hydroxyl groups is 1. The molecule has 13 heavy (non-hydrogen) atoms. The molecule has 0 aliphatic carbocycles. The molecule has 1 saturated heterocycles. The van der Waals surface area contributed by atoms with Crippen LogP contribution in [0.15, 0.2) is 0 Å². The third-order valence-corrected chi connectivity index (χ3v) is 1.82. The zero-order chi connectivity index (χ0) is 9.84. The van der Waals surface area contributed by atoms with Crippen molar-refractivity contribution in [3.63, 3.8) is 0 Å². The minimum Gasteiger partial charge on any atom is -0.465 e. The molecule has 1 rings (SSSR count). The van der Waals surface area contributed by atoms with Gasteiger partial charge in [0.2, 0.25) is 5.91 Å². The van der Waals surface area contributed by atoms with Crippen LogP contribution in [0.1, 0.15) is 13.3 Å². The highest BCUT2D eigenvalue weighted by atomic mass is 16.5. The van der Waals surface area contributed by atoms with Crippen LogP contribution in [-0.2, 0) is 14.3 Å². The number of β-amino-alcohol motifs (C(OH)–C–C–N with tert-alkyl or cyclic N) is 1. The summed E-state index contributed by atoms with van der Waals surface area (Å²) in [6.07, 6.45) is -0.527. The van der Waals surface area contributed by atoms with Crippen LogP contribution in [0.4, 0.5) is 0 Å². The van der Waals surface area contributed by atoms with E-state index in [1.54, 1.807) is 6.92 Å². The predicted octanol–water partition coefficient (Wildman–Crippen LogP) is -0.857. The van der Waals surface area contributed by atoms with Gasteiger partial charge in [-0.25, -0.2) is 0 Å². The Balaban J connectivity index is 2.37. The molecule has 0 aromatic rings. The lowest BCUT2D eigenvalue weighted by Gasteiger charge is -2.13. The standard InChI is InChI=1S/C8H13NO4/c1-2-13-8(12)5-9-4-6(10)3-7(9)11/h6,10H,2-5H2,1H3/t6-/m0/s1. The summed E-state index contributed by atoms with van der Waals surface area (Å²) in [5.41, 5.74) is 0. The maximum atomic E-state index is 11.1. The summed E-state index contributed by atoms with van der Waals surface area (Å²) < 4.78 is 4.67. The lowest BCUT2D eigenvalue weighted by Crippen LogP contribution is -2.32. The normalized spacial score (nSPS) is 22.2. The van der Waals surface area contributed by atoms with Gasteiger partial charge >= 0.3 is 5.97 Å². The number of amides is 1. The van der Waals surface area contributed by atoms with Crippen LogP contribution in [0, 0.1) is 0 Å². The van der Waals surface area contributed by atoms with Crippen LogP contribution in [0.5, 0.6) is 0 Å². The monoisotopic (exact) mass is 187 g/mol. The van der Waals surface area contributed by atoms with E-state index in [1.165, 1.54) is 4.90 Å². The van der Waals surface area contributed by atoms with Gasteiger partial charge in [0, 0.05) is 6.54 Å². The summed E-state index contributed by atoms with van der Waals surface area (Å²) in [4.78, 5) is 23.3. The van der Waals surface area contributed by atoms with Gasteiger partial charge in [-0.15, -0.1) is 0 Å². The molecular weight excluding hydrogens is 174 g/mol. The van der Waals surface area contributed by atoms with Gasteiger partial charge in [-0.1, -0.05) is 0 Å². The molecule has 1 aliphatic heterocycles. The number of ether oxygens (including phenoxy) is 1. The average molecular weight is 187 g/mol. The molecule has 5 nitrogen and oxygen atoms in total. The van der Waals surface area contributed by atoms with Crippen LogP contribution in [0.25, 0.3) is 0 Å². The summed E-state index contributed by atoms with van der Waals surface area (Å²) in [5, 5.41) is 9.10. The van der Waals surface area contributed by atoms with Crippen molar-refractivity contribution in [1.29, 1.82) is 0 Å². The smallest absolute Gasteiger partial charge is 0.325 e. The van der Waals surface area contributed by atoms with Gasteiger partial charge in [-0.3, -0.25) is 9.59 Å². The van der Waals surface area contributed by atoms with E-state index in [1.807, 2.05) is 0 Å². The van der Waals surface area contributed by atoms with Gasteiger partial charge in [-0.05, 0) is 6.92 Å². The first kappa shape index (κ1) is 9.98. The largest absolute Gasteiger partial charge is 0.465 e. The number of nitrogens with zero attached hydrogens (tertiary/aromatic N) is 1. The predicted molar refractivity (Wildman–Crippen MR) is 43.8 cm³/mol. The van der Waals surface area contributed by atoms with Crippen molar-refractivity contribution in [3.8, 4) is 0 Å². The van der Waals surface area contributed by atoms with E-state index >= 15 is 0 Å². The minimum atomic E-state index is -0.637. The lowest BCUT2D eigenvalue weighted by atomic mass is 10.3. The maximum Gasteiger partial charge on any atom is 0.325 e. The SMILES string of the molecule is CCOC(=O)CN1C[C@@H](O)CC1=O. The molecule has 1 fully saturated rings. The van der Waals surface area contributed by atoms with Gasteiger partial charge < -0.3 is 14.7 Å². The number of carbonyl (C=O) groups excluding carboxylic acids is 2. The Morgan fingerprint density at radius 2 is 2.46 bits per heavy atom. The summed E-state index contributed by atoms with van der Waals surface area (Å²) in [6, 6.07) is 0. The van der Waals surface area contributed by atoms with Crippen molar-refractivity contribution in [3.05, 3.63) is 0 Å². The number of hydrogen-bond acceptors (Lipinski definition) is 4. The molecule has 0 bridgehead atoms. The van der Waals surface area contributed by atoms with Gasteiger partial charge in [-0.2, -0.15) is 0 Å². The second kappa shape index (κ2) is 4.23. The zero-order valence-electron chi connectivity index (χ0n) is 7.52. The van der Waals surface area contributed by atoms with Crippen LogP contribution in [0.2, 0.25) is 0 Å². The first-order valence-electron chi connectivity index (χ1n) is 4.25. The van der Waals surface area contributed by atoms with E-state index in [0.29, 0.717) is 6.61 Å². The van der Waals surface area contributed by atoms with Crippen molar-refractivity contribution < 1.29 is 19.4 Å². The summed E-state index contributed by atoms with van der Waals surface area (Å²) in [5.74, 6) is -0.620. The fraction of sp³-hybridized carbons (Fsp3) is 0.750. The van der Waals surface area contributed by atoms with E-state index in [4.69, 9.17) is 5.11 Å². The third kappa shape index (κ3) is 2.69. The molecule has 1 heterocycles. The molecule has 0 aromatic heterocycles. The van der Waals surface area contributed by atoms with Gasteiger partial charge in [0.05, 0.1) is 19.1 Å². The Morgan fingerprint density at radius 3 is 2.92 bits per heavy atom. The Kier molecular flexibility index (Phi) is 3.25. The van der Waals surface area contributed by atoms with Crippen molar-refractivity contribution in [2.45, 2.75) is 19.4 Å². The first-order valence-corrected chi connectivity index (χ1v) is 4.25. The number of esters is 1. The fourth-order valence-corrected chi connectivity index (χ4v) is 1.27. The molecule has 0 radical (unpaired) electrons. The average Bonchev–Trinajstić information content (AvgIpc) is 2.30. The fourth-order valence-electron chi connectivity index (χ4n) is 1.27. The third-order valence-electron chi connectivity index (χ3n) is 1.82. The number of rotatable bonds is 3. The van der Waals surface area contributed by atoms with E-state index in [-0.39, 0.29) is 25.4 Å². The molecule has 1 aliphatic rings. The summed E-state index contributed by atoms with van der Waals surface area (Å²) in [6.45, 7) is 2.20. The Hall–Kier alpha value is -1.10. The van der Waals surface area contributed by atoms with Gasteiger partial charge in [0.1, 0.15) is 6.54 Å². The highest BCUT2D eigenvalue weighted by Gasteiger charge is 2.29. The molecule has 1 amide bonds. The molecule has 1 N–H and O–H groups in total. The Labute approximate surface area is 76.3 Å². The molecule has 74 valence electrons. The van der Waals surface area contributed by atoms with Crippen molar-refractivity contribution in [1.82, 2.24) is 4.90 Å². The quantitative estimate of drug-likeness (QED) is 0.584. The van der Waals surface area contributed by atoms with Crippen LogP contribution in [0.3, 0.4) is 0 Å². The molecule has 0 unspecified atom stereocenters. The topological polar surface area (TPSA) is 66.8 Å². The number of likely N-dealkylation sites (tertiary alicyclic amines) is 1. The molecule has 0 spiro atoms. The molecule has 0 saturated carbocycles. The number of hydrogen-bond donors (Lipinski definition) is 1.